The molecule has 6 heteroatoms. The topological polar surface area (TPSA) is 29.1 Å². The molecule has 2 aliphatic carbocycles. The molecular formula is C17H11F4NO. The Kier molecular flexibility index (Phi) is 2.98. The molecule has 2 aromatic carbocycles. The first-order valence-corrected chi connectivity index (χ1v) is 7.20. The number of carbonyl (C=O) groups excluding carboxylic acids is 1. The molecule has 0 radical (unpaired) electrons. The summed E-state index contributed by atoms with van der Waals surface area (Å²) in [5, 5.41) is 2.50. The molecule has 1 N–H and O–H groups in total. The van der Waals surface area contributed by atoms with Crippen LogP contribution < -0.4 is 5.32 Å². The molecule has 2 aromatic rings. The predicted octanol–water partition coefficient (Wildman–Crippen LogP) is 3.31. The molecular weight excluding hydrogens is 310 g/mol. The molecule has 0 saturated heterocycles. The maximum absolute atomic E-state index is 13.7. The molecule has 0 spiro atoms. The van der Waals surface area contributed by atoms with Crippen molar-refractivity contribution in [2.45, 2.75) is 18.4 Å². The summed E-state index contributed by atoms with van der Waals surface area (Å²) in [6.45, 7) is 0. The van der Waals surface area contributed by atoms with Crippen molar-refractivity contribution in [3.8, 4) is 0 Å². The van der Waals surface area contributed by atoms with E-state index in [-0.39, 0.29) is 23.9 Å². The summed E-state index contributed by atoms with van der Waals surface area (Å²) >= 11 is 0. The Balaban J connectivity index is 1.58. The summed E-state index contributed by atoms with van der Waals surface area (Å²) in [5.41, 5.74) is 1.09. The maximum atomic E-state index is 13.7. The van der Waals surface area contributed by atoms with E-state index in [2.05, 4.69) is 5.32 Å². The quantitative estimate of drug-likeness (QED) is 0.667. The Labute approximate surface area is 129 Å². The number of fused-ring (bicyclic) bond motifs is 3. The fourth-order valence-corrected chi connectivity index (χ4v) is 3.54. The van der Waals surface area contributed by atoms with Crippen molar-refractivity contribution in [1.82, 2.24) is 5.32 Å². The number of nitrogens with one attached hydrogen (secondary N) is 1. The first-order chi connectivity index (χ1) is 11.0. The lowest BCUT2D eigenvalue weighted by Gasteiger charge is -2.11. The van der Waals surface area contributed by atoms with Crippen molar-refractivity contribution in [1.29, 1.82) is 0 Å². The van der Waals surface area contributed by atoms with Gasteiger partial charge in [0.15, 0.2) is 23.3 Å². The first-order valence-electron chi connectivity index (χ1n) is 7.20. The second-order valence-electron chi connectivity index (χ2n) is 5.93. The Morgan fingerprint density at radius 1 is 1.04 bits per heavy atom. The van der Waals surface area contributed by atoms with Crippen LogP contribution in [0, 0.1) is 29.2 Å². The smallest absolute Gasteiger partial charge is 0.257 e. The third kappa shape index (κ3) is 2.04. The minimum Gasteiger partial charge on any atom is -0.348 e. The Hall–Kier alpha value is -2.37. The maximum Gasteiger partial charge on any atom is 0.257 e. The van der Waals surface area contributed by atoms with Crippen molar-refractivity contribution in [2.75, 3.05) is 0 Å². The monoisotopic (exact) mass is 321 g/mol. The second-order valence-corrected chi connectivity index (χ2v) is 5.93. The van der Waals surface area contributed by atoms with Gasteiger partial charge in [0.1, 0.15) is 5.56 Å². The summed E-state index contributed by atoms with van der Waals surface area (Å²) < 4.78 is 53.7. The molecule has 118 valence electrons. The Bertz CT molecular complexity index is 809. The predicted molar refractivity (Wildman–Crippen MR) is 73.9 cm³/mol. The van der Waals surface area contributed by atoms with Gasteiger partial charge in [-0.3, -0.25) is 4.79 Å². The van der Waals surface area contributed by atoms with Crippen molar-refractivity contribution < 1.29 is 22.4 Å². The van der Waals surface area contributed by atoms with E-state index in [1.165, 1.54) is 5.56 Å². The Morgan fingerprint density at radius 3 is 2.39 bits per heavy atom. The Morgan fingerprint density at radius 2 is 1.70 bits per heavy atom. The highest BCUT2D eigenvalue weighted by molar-refractivity contribution is 5.95. The highest BCUT2D eigenvalue weighted by atomic mass is 19.2. The van der Waals surface area contributed by atoms with E-state index < -0.39 is 34.7 Å². The van der Waals surface area contributed by atoms with Crippen LogP contribution >= 0.6 is 0 Å². The van der Waals surface area contributed by atoms with Crippen LogP contribution in [0.1, 0.15) is 27.4 Å². The SMILES string of the molecule is O=C(N[C@@H]1[C@@H]2Cc3ccccc3[C@H]21)c1c(F)c(F)cc(F)c1F. The van der Waals surface area contributed by atoms with E-state index in [0.29, 0.717) is 0 Å². The summed E-state index contributed by atoms with van der Waals surface area (Å²) in [7, 11) is 0. The van der Waals surface area contributed by atoms with E-state index in [9.17, 15) is 22.4 Å². The van der Waals surface area contributed by atoms with E-state index in [1.54, 1.807) is 0 Å². The van der Waals surface area contributed by atoms with Crippen molar-refractivity contribution in [3.05, 3.63) is 70.3 Å². The number of rotatable bonds is 2. The van der Waals surface area contributed by atoms with Crippen LogP contribution in [0.2, 0.25) is 0 Å². The van der Waals surface area contributed by atoms with Crippen LogP contribution in [0.15, 0.2) is 30.3 Å². The van der Waals surface area contributed by atoms with Gasteiger partial charge in [-0.1, -0.05) is 24.3 Å². The van der Waals surface area contributed by atoms with Crippen LogP contribution in [0.5, 0.6) is 0 Å². The van der Waals surface area contributed by atoms with E-state index in [0.717, 1.165) is 12.0 Å². The van der Waals surface area contributed by atoms with Crippen LogP contribution in [-0.2, 0) is 6.42 Å². The van der Waals surface area contributed by atoms with Gasteiger partial charge in [-0.25, -0.2) is 17.6 Å². The average molecular weight is 321 g/mol. The molecule has 1 saturated carbocycles. The van der Waals surface area contributed by atoms with Crippen LogP contribution in [0.4, 0.5) is 17.6 Å². The van der Waals surface area contributed by atoms with Gasteiger partial charge in [0.2, 0.25) is 0 Å². The van der Waals surface area contributed by atoms with Gasteiger partial charge >= 0.3 is 0 Å². The van der Waals surface area contributed by atoms with Crippen molar-refractivity contribution >= 4 is 5.91 Å². The second kappa shape index (κ2) is 4.81. The molecule has 1 amide bonds. The van der Waals surface area contributed by atoms with Crippen molar-refractivity contribution in [2.24, 2.45) is 5.92 Å². The molecule has 0 unspecified atom stereocenters. The zero-order valence-corrected chi connectivity index (χ0v) is 11.7. The average Bonchev–Trinajstić information content (AvgIpc) is 3.03. The third-order valence-electron chi connectivity index (χ3n) is 4.67. The lowest BCUT2D eigenvalue weighted by atomic mass is 10.0. The molecule has 0 heterocycles. The van der Waals surface area contributed by atoms with Gasteiger partial charge < -0.3 is 5.32 Å². The van der Waals surface area contributed by atoms with Crippen LogP contribution in [-0.4, -0.2) is 11.9 Å². The summed E-state index contributed by atoms with van der Waals surface area (Å²) in [4.78, 5) is 12.1. The number of halogens is 4. The summed E-state index contributed by atoms with van der Waals surface area (Å²) in [5.74, 6) is -7.39. The molecule has 1 fully saturated rings. The minimum absolute atomic E-state index is 0.0869. The fourth-order valence-electron chi connectivity index (χ4n) is 3.54. The number of carbonyl (C=O) groups is 1. The standard InChI is InChI=1S/C17H11F4NO/c18-10-6-11(19)15(21)13(14(10)20)17(23)22-16-9-5-7-3-1-2-4-8(7)12(9)16/h1-4,6,9,12,16H,5H2,(H,22,23)/t9-,12-,16-/m1/s1. The van der Waals surface area contributed by atoms with Gasteiger partial charge in [0.05, 0.1) is 0 Å². The molecule has 0 aliphatic heterocycles. The molecule has 23 heavy (non-hydrogen) atoms. The van der Waals surface area contributed by atoms with E-state index in [4.69, 9.17) is 0 Å². The molecule has 2 nitrogen and oxygen atoms in total. The fraction of sp³-hybridized carbons (Fsp3) is 0.235. The summed E-state index contributed by atoms with van der Waals surface area (Å²) in [6.07, 6.45) is 0.772. The lowest BCUT2D eigenvalue weighted by molar-refractivity contribution is 0.0937. The van der Waals surface area contributed by atoms with Gasteiger partial charge in [-0.15, -0.1) is 0 Å². The van der Waals surface area contributed by atoms with Gasteiger partial charge in [-0.2, -0.15) is 0 Å². The molecule has 2 aliphatic rings. The normalized spacial score (nSPS) is 24.1. The third-order valence-corrected chi connectivity index (χ3v) is 4.67. The number of hydrogen-bond donors (Lipinski definition) is 1. The molecule has 4 rings (SSSR count). The molecule has 0 aromatic heterocycles. The largest absolute Gasteiger partial charge is 0.348 e. The van der Waals surface area contributed by atoms with Crippen LogP contribution in [0.3, 0.4) is 0 Å². The summed E-state index contributed by atoms with van der Waals surface area (Å²) in [6, 6.07) is 7.60. The van der Waals surface area contributed by atoms with Crippen LogP contribution in [0.25, 0.3) is 0 Å². The van der Waals surface area contributed by atoms with Gasteiger partial charge in [-0.05, 0) is 23.5 Å². The van der Waals surface area contributed by atoms with Crippen molar-refractivity contribution in [3.63, 3.8) is 0 Å². The first kappa shape index (κ1) is 14.2. The highest BCUT2D eigenvalue weighted by Gasteiger charge is 2.56. The van der Waals surface area contributed by atoms with E-state index in [1.807, 2.05) is 24.3 Å². The minimum atomic E-state index is -1.67. The number of hydrogen-bond acceptors (Lipinski definition) is 1. The van der Waals surface area contributed by atoms with Gasteiger partial charge in [0.25, 0.3) is 5.91 Å². The molecule has 3 atom stereocenters. The zero-order chi connectivity index (χ0) is 16.3. The number of amides is 1. The zero-order valence-electron chi connectivity index (χ0n) is 11.7. The molecule has 0 bridgehead atoms. The highest BCUT2D eigenvalue weighted by Crippen LogP contribution is 2.56. The van der Waals surface area contributed by atoms with E-state index >= 15 is 0 Å². The lowest BCUT2D eigenvalue weighted by Crippen LogP contribution is -2.31. The van der Waals surface area contributed by atoms with Gasteiger partial charge in [0, 0.05) is 18.0 Å². The number of benzene rings is 2.